The van der Waals surface area contributed by atoms with Gasteiger partial charge in [0.1, 0.15) is 5.75 Å². The molecule has 0 unspecified atom stereocenters. The number of anilines is 2. The standard InChI is InChI=1S/C24H27N3O2/c1-27(2)17-20-9-7-6-8-19(20)16-25-24(28)18-29-23-14-12-22(13-15-23)26-21-10-4-3-5-11-21/h3-15,26H,16-18H2,1-2H3,(H,25,28). The molecule has 5 nitrogen and oxygen atoms in total. The van der Waals surface area contributed by atoms with Crippen molar-refractivity contribution >= 4 is 17.3 Å². The highest BCUT2D eigenvalue weighted by molar-refractivity contribution is 5.77. The Morgan fingerprint density at radius 3 is 2.14 bits per heavy atom. The van der Waals surface area contributed by atoms with Crippen LogP contribution in [0.2, 0.25) is 0 Å². The minimum absolute atomic E-state index is 0.0126. The molecule has 0 fully saturated rings. The lowest BCUT2D eigenvalue weighted by atomic mass is 10.1. The van der Waals surface area contributed by atoms with Crippen molar-refractivity contribution in [2.45, 2.75) is 13.1 Å². The largest absolute Gasteiger partial charge is 0.484 e. The number of rotatable bonds is 9. The topological polar surface area (TPSA) is 53.6 Å². The summed E-state index contributed by atoms with van der Waals surface area (Å²) in [7, 11) is 4.06. The van der Waals surface area contributed by atoms with Gasteiger partial charge in [-0.2, -0.15) is 0 Å². The van der Waals surface area contributed by atoms with E-state index in [0.717, 1.165) is 23.5 Å². The summed E-state index contributed by atoms with van der Waals surface area (Å²) in [5, 5.41) is 6.25. The van der Waals surface area contributed by atoms with Gasteiger partial charge < -0.3 is 20.3 Å². The summed E-state index contributed by atoms with van der Waals surface area (Å²) < 4.78 is 5.61. The van der Waals surface area contributed by atoms with Gasteiger partial charge in [0.15, 0.2) is 6.61 Å². The molecule has 2 N–H and O–H groups in total. The van der Waals surface area contributed by atoms with Crippen LogP contribution in [-0.2, 0) is 17.9 Å². The molecule has 1 amide bonds. The molecule has 0 saturated carbocycles. The van der Waals surface area contributed by atoms with E-state index in [4.69, 9.17) is 4.74 Å². The van der Waals surface area contributed by atoms with Gasteiger partial charge in [-0.05, 0) is 61.6 Å². The predicted molar refractivity (Wildman–Crippen MR) is 117 cm³/mol. The fraction of sp³-hybridized carbons (Fsp3) is 0.208. The smallest absolute Gasteiger partial charge is 0.258 e. The number of nitrogens with zero attached hydrogens (tertiary/aromatic N) is 1. The average Bonchev–Trinajstić information content (AvgIpc) is 2.73. The molecule has 3 rings (SSSR count). The van der Waals surface area contributed by atoms with E-state index in [1.54, 1.807) is 0 Å². The second kappa shape index (κ2) is 10.3. The van der Waals surface area contributed by atoms with E-state index >= 15 is 0 Å². The van der Waals surface area contributed by atoms with Crippen molar-refractivity contribution in [2.24, 2.45) is 0 Å². The van der Waals surface area contributed by atoms with E-state index in [1.807, 2.05) is 86.9 Å². The van der Waals surface area contributed by atoms with Crippen LogP contribution in [0.1, 0.15) is 11.1 Å². The number of ether oxygens (including phenoxy) is 1. The monoisotopic (exact) mass is 389 g/mol. The van der Waals surface area contributed by atoms with Crippen LogP contribution in [0, 0.1) is 0 Å². The summed E-state index contributed by atoms with van der Waals surface area (Å²) in [6, 6.07) is 25.7. The average molecular weight is 389 g/mol. The van der Waals surface area contributed by atoms with Crippen molar-refractivity contribution in [1.82, 2.24) is 10.2 Å². The van der Waals surface area contributed by atoms with Gasteiger partial charge in [0.2, 0.25) is 0 Å². The molecule has 0 aliphatic rings. The maximum Gasteiger partial charge on any atom is 0.258 e. The number of hydrogen-bond donors (Lipinski definition) is 2. The first-order valence-corrected chi connectivity index (χ1v) is 9.63. The quantitative estimate of drug-likeness (QED) is 0.576. The summed E-state index contributed by atoms with van der Waals surface area (Å²) in [6.45, 7) is 1.32. The van der Waals surface area contributed by atoms with Crippen LogP contribution in [0.15, 0.2) is 78.9 Å². The SMILES string of the molecule is CN(C)Cc1ccccc1CNC(=O)COc1ccc(Nc2ccccc2)cc1. The highest BCUT2D eigenvalue weighted by Gasteiger charge is 2.07. The number of amides is 1. The molecule has 0 spiro atoms. The molecule has 5 heteroatoms. The van der Waals surface area contributed by atoms with Gasteiger partial charge >= 0.3 is 0 Å². The van der Waals surface area contributed by atoms with Crippen molar-refractivity contribution < 1.29 is 9.53 Å². The Kier molecular flexibility index (Phi) is 7.25. The van der Waals surface area contributed by atoms with Crippen LogP contribution in [0.4, 0.5) is 11.4 Å². The van der Waals surface area contributed by atoms with Crippen LogP contribution in [0.25, 0.3) is 0 Å². The van der Waals surface area contributed by atoms with Gasteiger partial charge in [0.05, 0.1) is 0 Å². The summed E-state index contributed by atoms with van der Waals surface area (Å²) in [4.78, 5) is 14.3. The van der Waals surface area contributed by atoms with Gasteiger partial charge in [-0.3, -0.25) is 4.79 Å². The summed E-state index contributed by atoms with van der Waals surface area (Å²) in [5.41, 5.74) is 4.31. The first-order chi connectivity index (χ1) is 14.1. The number of hydrogen-bond acceptors (Lipinski definition) is 4. The van der Waals surface area contributed by atoms with Crippen molar-refractivity contribution in [3.8, 4) is 5.75 Å². The van der Waals surface area contributed by atoms with E-state index in [1.165, 1.54) is 5.56 Å². The van der Waals surface area contributed by atoms with Crippen LogP contribution in [0.5, 0.6) is 5.75 Å². The number of carbonyl (C=O) groups excluding carboxylic acids is 1. The molecule has 0 aliphatic heterocycles. The Bertz CT molecular complexity index is 909. The second-order valence-corrected chi connectivity index (χ2v) is 7.09. The molecule has 3 aromatic carbocycles. The Balaban J connectivity index is 1.46. The van der Waals surface area contributed by atoms with Crippen molar-refractivity contribution in [2.75, 3.05) is 26.0 Å². The fourth-order valence-electron chi connectivity index (χ4n) is 2.94. The summed E-state index contributed by atoms with van der Waals surface area (Å²) >= 11 is 0. The first kappa shape index (κ1) is 20.4. The minimum Gasteiger partial charge on any atom is -0.484 e. The van der Waals surface area contributed by atoms with Gasteiger partial charge in [0.25, 0.3) is 5.91 Å². The van der Waals surface area contributed by atoms with Crippen LogP contribution in [-0.4, -0.2) is 31.5 Å². The first-order valence-electron chi connectivity index (χ1n) is 9.63. The van der Waals surface area contributed by atoms with Gasteiger partial charge in [-0.15, -0.1) is 0 Å². The second-order valence-electron chi connectivity index (χ2n) is 7.09. The number of para-hydroxylation sites is 1. The van der Waals surface area contributed by atoms with Gasteiger partial charge in [-0.25, -0.2) is 0 Å². The lowest BCUT2D eigenvalue weighted by Gasteiger charge is -2.15. The maximum absolute atomic E-state index is 12.2. The third-order valence-electron chi connectivity index (χ3n) is 4.37. The Morgan fingerprint density at radius 2 is 1.45 bits per heavy atom. The Morgan fingerprint density at radius 1 is 0.828 bits per heavy atom. The number of benzene rings is 3. The molecule has 0 saturated heterocycles. The molecule has 150 valence electrons. The van der Waals surface area contributed by atoms with Crippen molar-refractivity contribution in [3.05, 3.63) is 90.0 Å². The normalized spacial score (nSPS) is 10.6. The Labute approximate surface area is 172 Å². The zero-order valence-electron chi connectivity index (χ0n) is 16.9. The van der Waals surface area contributed by atoms with Crippen LogP contribution < -0.4 is 15.4 Å². The van der Waals surface area contributed by atoms with Crippen molar-refractivity contribution in [1.29, 1.82) is 0 Å². The maximum atomic E-state index is 12.2. The zero-order valence-corrected chi connectivity index (χ0v) is 16.9. The van der Waals surface area contributed by atoms with Crippen LogP contribution >= 0.6 is 0 Å². The molecule has 0 aromatic heterocycles. The summed E-state index contributed by atoms with van der Waals surface area (Å²) in [6.07, 6.45) is 0. The molecule has 0 heterocycles. The highest BCUT2D eigenvalue weighted by atomic mass is 16.5. The number of carbonyl (C=O) groups is 1. The number of nitrogens with one attached hydrogen (secondary N) is 2. The minimum atomic E-state index is -0.142. The molecular weight excluding hydrogens is 362 g/mol. The predicted octanol–water partition coefficient (Wildman–Crippen LogP) is 4.19. The van der Waals surface area contributed by atoms with E-state index in [2.05, 4.69) is 21.6 Å². The molecule has 3 aromatic rings. The lowest BCUT2D eigenvalue weighted by Crippen LogP contribution is -2.29. The molecule has 0 aliphatic carbocycles. The lowest BCUT2D eigenvalue weighted by molar-refractivity contribution is -0.123. The van der Waals surface area contributed by atoms with Gasteiger partial charge in [0, 0.05) is 24.5 Å². The zero-order chi connectivity index (χ0) is 20.5. The third kappa shape index (κ3) is 6.66. The fourth-order valence-corrected chi connectivity index (χ4v) is 2.94. The van der Waals surface area contributed by atoms with Crippen molar-refractivity contribution in [3.63, 3.8) is 0 Å². The Hall–Kier alpha value is -3.31. The third-order valence-corrected chi connectivity index (χ3v) is 4.37. The molecule has 0 radical (unpaired) electrons. The van der Waals surface area contributed by atoms with E-state index in [0.29, 0.717) is 12.3 Å². The van der Waals surface area contributed by atoms with E-state index < -0.39 is 0 Å². The molecule has 29 heavy (non-hydrogen) atoms. The molecule has 0 bridgehead atoms. The van der Waals surface area contributed by atoms with Gasteiger partial charge in [-0.1, -0.05) is 42.5 Å². The van der Waals surface area contributed by atoms with E-state index in [9.17, 15) is 4.79 Å². The van der Waals surface area contributed by atoms with E-state index in [-0.39, 0.29) is 12.5 Å². The summed E-state index contributed by atoms with van der Waals surface area (Å²) in [5.74, 6) is 0.517. The molecular formula is C24H27N3O2. The highest BCUT2D eigenvalue weighted by Crippen LogP contribution is 2.19. The van der Waals surface area contributed by atoms with Crippen LogP contribution in [0.3, 0.4) is 0 Å². The molecule has 0 atom stereocenters.